The molecule has 2 N–H and O–H groups in total. The molecule has 0 saturated heterocycles. The van der Waals surface area contributed by atoms with Crippen molar-refractivity contribution >= 4 is 23.4 Å². The van der Waals surface area contributed by atoms with Crippen LogP contribution in [0.2, 0.25) is 5.02 Å². The molecule has 1 aromatic carbocycles. The van der Waals surface area contributed by atoms with Crippen LogP contribution in [0.1, 0.15) is 22.5 Å². The molecule has 19 heavy (non-hydrogen) atoms. The minimum absolute atomic E-state index is 0.451. The summed E-state index contributed by atoms with van der Waals surface area (Å²) in [6.45, 7) is 6.49. The highest BCUT2D eigenvalue weighted by molar-refractivity contribution is 7.99. The largest absolute Gasteiger partial charge is 0.326 e. The monoisotopic (exact) mass is 293 g/mol. The van der Waals surface area contributed by atoms with Crippen molar-refractivity contribution < 1.29 is 0 Å². The van der Waals surface area contributed by atoms with Gasteiger partial charge in [0.2, 0.25) is 0 Å². The van der Waals surface area contributed by atoms with Gasteiger partial charge in [-0.25, -0.2) is 9.97 Å². The van der Waals surface area contributed by atoms with E-state index in [0.29, 0.717) is 11.6 Å². The van der Waals surface area contributed by atoms with E-state index < -0.39 is 0 Å². The van der Waals surface area contributed by atoms with Crippen molar-refractivity contribution in [2.75, 3.05) is 0 Å². The van der Waals surface area contributed by atoms with Crippen LogP contribution >= 0.6 is 23.4 Å². The molecule has 3 nitrogen and oxygen atoms in total. The van der Waals surface area contributed by atoms with Crippen molar-refractivity contribution in [1.82, 2.24) is 9.97 Å². The predicted octanol–water partition coefficient (Wildman–Crippen LogP) is 3.67. The molecule has 0 bridgehead atoms. The molecule has 0 unspecified atom stereocenters. The van der Waals surface area contributed by atoms with Gasteiger partial charge in [-0.2, -0.15) is 0 Å². The summed E-state index contributed by atoms with van der Waals surface area (Å²) in [5.74, 6) is 0. The van der Waals surface area contributed by atoms with Crippen LogP contribution in [-0.2, 0) is 6.54 Å². The van der Waals surface area contributed by atoms with Crippen molar-refractivity contribution in [3.63, 3.8) is 0 Å². The van der Waals surface area contributed by atoms with Crippen LogP contribution in [-0.4, -0.2) is 9.97 Å². The van der Waals surface area contributed by atoms with Gasteiger partial charge in [0.05, 0.1) is 0 Å². The Kier molecular flexibility index (Phi) is 4.45. The summed E-state index contributed by atoms with van der Waals surface area (Å²) in [4.78, 5) is 10.1. The van der Waals surface area contributed by atoms with Crippen molar-refractivity contribution in [3.8, 4) is 0 Å². The molecule has 2 rings (SSSR count). The highest BCUT2D eigenvalue weighted by Gasteiger charge is 2.09. The van der Waals surface area contributed by atoms with E-state index in [-0.39, 0.29) is 0 Å². The van der Waals surface area contributed by atoms with Gasteiger partial charge in [0.25, 0.3) is 0 Å². The van der Waals surface area contributed by atoms with Gasteiger partial charge in [0.15, 0.2) is 5.16 Å². The molecule has 0 spiro atoms. The Morgan fingerprint density at radius 3 is 2.37 bits per heavy atom. The number of aromatic nitrogens is 2. The second-order valence-electron chi connectivity index (χ2n) is 4.36. The SMILES string of the molecule is Cc1nc(Sc2ccc(Cl)cc2CN)nc(C)c1C. The fourth-order valence-electron chi connectivity index (χ4n) is 1.69. The summed E-state index contributed by atoms with van der Waals surface area (Å²) in [7, 11) is 0. The fourth-order valence-corrected chi connectivity index (χ4v) is 2.86. The fraction of sp³-hybridized carbons (Fsp3) is 0.286. The molecule has 0 radical (unpaired) electrons. The number of rotatable bonds is 3. The Labute approximate surface area is 122 Å². The zero-order valence-electron chi connectivity index (χ0n) is 11.2. The number of hydrogen-bond acceptors (Lipinski definition) is 4. The van der Waals surface area contributed by atoms with Crippen LogP contribution in [0.15, 0.2) is 28.3 Å². The van der Waals surface area contributed by atoms with Gasteiger partial charge in [-0.15, -0.1) is 0 Å². The highest BCUT2D eigenvalue weighted by Crippen LogP contribution is 2.30. The van der Waals surface area contributed by atoms with Gasteiger partial charge in [0, 0.05) is 27.9 Å². The van der Waals surface area contributed by atoms with E-state index in [1.807, 2.05) is 39.0 Å². The standard InChI is InChI=1S/C14H16ClN3S/c1-8-9(2)17-14(18-10(8)3)19-13-5-4-12(15)6-11(13)7-16/h4-6H,7,16H2,1-3H3. The lowest BCUT2D eigenvalue weighted by Gasteiger charge is -2.09. The molecule has 0 aliphatic rings. The normalized spacial score (nSPS) is 10.8. The van der Waals surface area contributed by atoms with Gasteiger partial charge >= 0.3 is 0 Å². The molecule has 1 aromatic heterocycles. The summed E-state index contributed by atoms with van der Waals surface area (Å²) in [6, 6.07) is 5.71. The van der Waals surface area contributed by atoms with Gasteiger partial charge in [0.1, 0.15) is 0 Å². The lowest BCUT2D eigenvalue weighted by Crippen LogP contribution is -2.01. The van der Waals surface area contributed by atoms with Crippen LogP contribution < -0.4 is 5.73 Å². The first kappa shape index (κ1) is 14.3. The Hall–Kier alpha value is -1.10. The molecule has 0 aliphatic heterocycles. The summed E-state index contributed by atoms with van der Waals surface area (Å²) in [5, 5.41) is 1.44. The van der Waals surface area contributed by atoms with E-state index in [2.05, 4.69) is 9.97 Å². The Morgan fingerprint density at radius 1 is 1.16 bits per heavy atom. The average molecular weight is 294 g/mol. The average Bonchev–Trinajstić information content (AvgIpc) is 2.38. The van der Waals surface area contributed by atoms with Gasteiger partial charge in [-0.1, -0.05) is 11.6 Å². The van der Waals surface area contributed by atoms with E-state index in [1.54, 1.807) is 0 Å². The Balaban J connectivity index is 2.36. The van der Waals surface area contributed by atoms with Crippen LogP contribution in [0.25, 0.3) is 0 Å². The molecular formula is C14H16ClN3S. The number of hydrogen-bond donors (Lipinski definition) is 1. The second-order valence-corrected chi connectivity index (χ2v) is 5.81. The Bertz CT molecular complexity index is 591. The molecule has 0 fully saturated rings. The van der Waals surface area contributed by atoms with Gasteiger partial charge < -0.3 is 5.73 Å². The Morgan fingerprint density at radius 2 is 1.79 bits per heavy atom. The molecule has 100 valence electrons. The van der Waals surface area contributed by atoms with Crippen LogP contribution in [0.4, 0.5) is 0 Å². The number of nitrogens with zero attached hydrogens (tertiary/aromatic N) is 2. The number of nitrogens with two attached hydrogens (primary N) is 1. The predicted molar refractivity (Wildman–Crippen MR) is 79.7 cm³/mol. The first-order valence-electron chi connectivity index (χ1n) is 5.99. The molecule has 5 heteroatoms. The molecule has 0 saturated carbocycles. The maximum absolute atomic E-state index is 5.97. The smallest absolute Gasteiger partial charge is 0.192 e. The van der Waals surface area contributed by atoms with E-state index >= 15 is 0 Å². The third-order valence-electron chi connectivity index (χ3n) is 3.06. The van der Waals surface area contributed by atoms with Crippen LogP contribution in [0, 0.1) is 20.8 Å². The lowest BCUT2D eigenvalue weighted by atomic mass is 10.2. The maximum Gasteiger partial charge on any atom is 0.192 e. The first-order chi connectivity index (χ1) is 9.01. The zero-order chi connectivity index (χ0) is 14.0. The quantitative estimate of drug-likeness (QED) is 0.877. The van der Waals surface area contributed by atoms with Gasteiger partial charge in [-0.3, -0.25) is 0 Å². The number of aryl methyl sites for hydroxylation is 2. The number of halogens is 1. The minimum atomic E-state index is 0.451. The molecular weight excluding hydrogens is 278 g/mol. The molecule has 0 amide bonds. The third-order valence-corrected chi connectivity index (χ3v) is 4.27. The highest BCUT2D eigenvalue weighted by atomic mass is 35.5. The second kappa shape index (κ2) is 5.90. The van der Waals surface area contributed by atoms with Crippen molar-refractivity contribution in [2.45, 2.75) is 37.4 Å². The lowest BCUT2D eigenvalue weighted by molar-refractivity contribution is 0.879. The van der Waals surface area contributed by atoms with Crippen molar-refractivity contribution in [2.24, 2.45) is 5.73 Å². The zero-order valence-corrected chi connectivity index (χ0v) is 12.8. The van der Waals surface area contributed by atoms with Gasteiger partial charge in [-0.05, 0) is 61.9 Å². The molecule has 2 aromatic rings. The summed E-state index contributed by atoms with van der Waals surface area (Å²) in [6.07, 6.45) is 0. The third kappa shape index (κ3) is 3.26. The van der Waals surface area contributed by atoms with E-state index in [4.69, 9.17) is 17.3 Å². The molecule has 1 heterocycles. The van der Waals surface area contributed by atoms with Crippen molar-refractivity contribution in [3.05, 3.63) is 45.7 Å². The summed E-state index contributed by atoms with van der Waals surface area (Å²) >= 11 is 7.50. The molecule has 0 aliphatic carbocycles. The topological polar surface area (TPSA) is 51.8 Å². The number of benzene rings is 1. The van der Waals surface area contributed by atoms with E-state index in [1.165, 1.54) is 11.8 Å². The van der Waals surface area contributed by atoms with E-state index in [9.17, 15) is 0 Å². The summed E-state index contributed by atoms with van der Waals surface area (Å²) < 4.78 is 0. The van der Waals surface area contributed by atoms with Crippen LogP contribution in [0.3, 0.4) is 0 Å². The van der Waals surface area contributed by atoms with Crippen LogP contribution in [0.5, 0.6) is 0 Å². The van der Waals surface area contributed by atoms with E-state index in [0.717, 1.165) is 32.6 Å². The van der Waals surface area contributed by atoms with Crippen molar-refractivity contribution in [1.29, 1.82) is 0 Å². The minimum Gasteiger partial charge on any atom is -0.326 e. The summed E-state index contributed by atoms with van der Waals surface area (Å²) in [5.41, 5.74) is 9.92. The molecule has 0 atom stereocenters. The first-order valence-corrected chi connectivity index (χ1v) is 7.19. The maximum atomic E-state index is 5.97.